The number of ether oxygens (including phenoxy) is 1. The van der Waals surface area contributed by atoms with Gasteiger partial charge in [-0.1, -0.05) is 17.9 Å². The number of fused-ring (bicyclic) bond motifs is 1. The van der Waals surface area contributed by atoms with E-state index in [9.17, 15) is 13.6 Å². The summed E-state index contributed by atoms with van der Waals surface area (Å²) in [6.45, 7) is 3.78. The molecule has 0 spiro atoms. The number of carboxylic acid groups (broad SMARTS) is 1. The first-order valence-electron chi connectivity index (χ1n) is 11.5. The van der Waals surface area contributed by atoms with Crippen molar-refractivity contribution in [1.29, 1.82) is 0 Å². The van der Waals surface area contributed by atoms with Gasteiger partial charge in [-0.25, -0.2) is 9.99 Å². The van der Waals surface area contributed by atoms with E-state index in [1.165, 1.54) is 0 Å². The Balaban J connectivity index is 1.40. The van der Waals surface area contributed by atoms with Gasteiger partial charge in [0.2, 0.25) is 5.88 Å². The Bertz CT molecular complexity index is 1310. The molecule has 1 N–H and O–H groups in total. The van der Waals surface area contributed by atoms with Crippen LogP contribution in [0.1, 0.15) is 24.5 Å². The highest BCUT2D eigenvalue weighted by Gasteiger charge is 2.27. The van der Waals surface area contributed by atoms with Crippen LogP contribution in [0, 0.1) is 11.8 Å². The summed E-state index contributed by atoms with van der Waals surface area (Å²) in [4.78, 5) is 17.4. The first-order valence-corrected chi connectivity index (χ1v) is 12.5. The van der Waals surface area contributed by atoms with Crippen LogP contribution in [0.2, 0.25) is 0 Å². The van der Waals surface area contributed by atoms with Crippen molar-refractivity contribution in [2.24, 2.45) is 0 Å². The molecule has 3 aromatic rings. The number of methoxy groups -OCH3 is 1. The molecule has 0 radical (unpaired) electrons. The summed E-state index contributed by atoms with van der Waals surface area (Å²) in [6.07, 6.45) is 1.47. The molecule has 9 nitrogen and oxygen atoms in total. The summed E-state index contributed by atoms with van der Waals surface area (Å²) < 4.78 is 29.9. The molecule has 0 amide bonds. The van der Waals surface area contributed by atoms with Crippen LogP contribution in [-0.2, 0) is 16.1 Å². The van der Waals surface area contributed by atoms with E-state index in [2.05, 4.69) is 21.7 Å². The Hall–Kier alpha value is -3.49. The maximum absolute atomic E-state index is 11.7. The average Bonchev–Trinajstić information content (AvgIpc) is 2.87. The first kappa shape index (κ1) is 25.6. The van der Waals surface area contributed by atoms with Gasteiger partial charge in [-0.2, -0.15) is 4.41 Å². The van der Waals surface area contributed by atoms with Crippen molar-refractivity contribution in [3.63, 3.8) is 0 Å². The highest BCUT2D eigenvalue weighted by Crippen LogP contribution is 2.24. The third kappa shape index (κ3) is 6.01. The van der Waals surface area contributed by atoms with Crippen molar-refractivity contribution in [3.8, 4) is 17.7 Å². The predicted molar refractivity (Wildman–Crippen MR) is 137 cm³/mol. The zero-order chi connectivity index (χ0) is 25.7. The minimum atomic E-state index is -2.53. The SMILES string of the molecule is COc1nccc2ccc(C#Cc3ccc(N4CCN(N(C(C)CC(=O)O)S(=O)[O-])CC4)cc3)cc12. The molecule has 1 aliphatic heterocycles. The molecule has 1 saturated heterocycles. The summed E-state index contributed by atoms with van der Waals surface area (Å²) in [5.74, 6) is 5.93. The lowest BCUT2D eigenvalue weighted by Gasteiger charge is -2.44. The Morgan fingerprint density at radius 1 is 1.14 bits per heavy atom. The van der Waals surface area contributed by atoms with Gasteiger partial charge in [0, 0.05) is 71.9 Å². The molecule has 0 aliphatic carbocycles. The number of aliphatic carboxylic acids is 1. The second-order valence-corrected chi connectivity index (χ2v) is 9.27. The van der Waals surface area contributed by atoms with Gasteiger partial charge < -0.3 is 19.3 Å². The number of nitrogens with zero attached hydrogens (tertiary/aromatic N) is 4. The second kappa shape index (κ2) is 11.5. The summed E-state index contributed by atoms with van der Waals surface area (Å²) >= 11 is -2.53. The highest BCUT2D eigenvalue weighted by atomic mass is 32.2. The van der Waals surface area contributed by atoms with E-state index in [4.69, 9.17) is 9.84 Å². The van der Waals surface area contributed by atoms with Gasteiger partial charge in [0.1, 0.15) is 0 Å². The monoisotopic (exact) mass is 507 g/mol. The summed E-state index contributed by atoms with van der Waals surface area (Å²) in [5.41, 5.74) is 2.77. The molecule has 1 aromatic heterocycles. The molecule has 2 atom stereocenters. The van der Waals surface area contributed by atoms with E-state index in [-0.39, 0.29) is 6.42 Å². The van der Waals surface area contributed by atoms with Crippen molar-refractivity contribution < 1.29 is 23.4 Å². The van der Waals surface area contributed by atoms with E-state index in [1.807, 2.05) is 48.5 Å². The normalized spacial score (nSPS) is 15.8. The Morgan fingerprint density at radius 3 is 2.44 bits per heavy atom. The number of benzene rings is 2. The quantitative estimate of drug-likeness (QED) is 0.384. The van der Waals surface area contributed by atoms with Crippen molar-refractivity contribution in [2.75, 3.05) is 38.2 Å². The highest BCUT2D eigenvalue weighted by molar-refractivity contribution is 7.76. The summed E-state index contributed by atoms with van der Waals surface area (Å²) in [6, 6.07) is 15.2. The number of anilines is 1. The maximum Gasteiger partial charge on any atom is 0.305 e. The number of carbonyl (C=O) groups is 1. The molecule has 36 heavy (non-hydrogen) atoms. The Labute approximate surface area is 212 Å². The van der Waals surface area contributed by atoms with Gasteiger partial charge in [0.25, 0.3) is 0 Å². The van der Waals surface area contributed by atoms with E-state index >= 15 is 0 Å². The number of hydrogen-bond acceptors (Lipinski definition) is 7. The number of rotatable bonds is 7. The van der Waals surface area contributed by atoms with Crippen LogP contribution in [-0.4, -0.2) is 73.6 Å². The van der Waals surface area contributed by atoms with Gasteiger partial charge in [-0.15, -0.1) is 0 Å². The van der Waals surface area contributed by atoms with Gasteiger partial charge in [0.05, 0.1) is 13.5 Å². The molecule has 1 aliphatic rings. The third-order valence-electron chi connectivity index (χ3n) is 6.04. The van der Waals surface area contributed by atoms with Crippen LogP contribution in [0.15, 0.2) is 54.7 Å². The molecule has 2 unspecified atom stereocenters. The minimum Gasteiger partial charge on any atom is -0.759 e. The van der Waals surface area contributed by atoms with Crippen molar-refractivity contribution in [1.82, 2.24) is 14.4 Å². The fourth-order valence-corrected chi connectivity index (χ4v) is 5.00. The molecule has 10 heteroatoms. The van der Waals surface area contributed by atoms with Crippen LogP contribution in [0.4, 0.5) is 5.69 Å². The van der Waals surface area contributed by atoms with E-state index < -0.39 is 23.3 Å². The minimum absolute atomic E-state index is 0.250. The topological polar surface area (TPSA) is 109 Å². The molecule has 1 fully saturated rings. The fourth-order valence-electron chi connectivity index (χ4n) is 4.28. The molecule has 0 saturated carbocycles. The number of piperazine rings is 1. The van der Waals surface area contributed by atoms with Gasteiger partial charge in [-0.3, -0.25) is 9.00 Å². The molecule has 0 bridgehead atoms. The third-order valence-corrected chi connectivity index (χ3v) is 6.94. The number of aromatic nitrogens is 1. The molecular weight excluding hydrogens is 480 g/mol. The first-order chi connectivity index (χ1) is 17.4. The van der Waals surface area contributed by atoms with Gasteiger partial charge in [-0.05, 0) is 54.8 Å². The number of hydrogen-bond donors (Lipinski definition) is 1. The zero-order valence-corrected chi connectivity index (χ0v) is 20.9. The van der Waals surface area contributed by atoms with Crippen molar-refractivity contribution in [2.45, 2.75) is 19.4 Å². The largest absolute Gasteiger partial charge is 0.759 e. The Kier molecular flexibility index (Phi) is 8.18. The average molecular weight is 508 g/mol. The molecule has 4 rings (SSSR count). The lowest BCUT2D eigenvalue weighted by molar-refractivity contribution is -0.139. The number of carboxylic acids is 1. The summed E-state index contributed by atoms with van der Waals surface area (Å²) in [5, 5.41) is 12.7. The maximum atomic E-state index is 11.7. The van der Waals surface area contributed by atoms with Crippen LogP contribution in [0.25, 0.3) is 10.8 Å². The van der Waals surface area contributed by atoms with Crippen LogP contribution >= 0.6 is 0 Å². The van der Waals surface area contributed by atoms with Crippen LogP contribution in [0.5, 0.6) is 5.88 Å². The second-order valence-electron chi connectivity index (χ2n) is 8.46. The fraction of sp³-hybridized carbons (Fsp3) is 0.308. The zero-order valence-electron chi connectivity index (χ0n) is 20.1. The molecule has 188 valence electrons. The smallest absolute Gasteiger partial charge is 0.305 e. The lowest BCUT2D eigenvalue weighted by Crippen LogP contribution is -2.57. The number of pyridine rings is 1. The predicted octanol–water partition coefficient (Wildman–Crippen LogP) is 2.64. The Morgan fingerprint density at radius 2 is 1.81 bits per heavy atom. The van der Waals surface area contributed by atoms with Gasteiger partial charge >= 0.3 is 5.97 Å². The van der Waals surface area contributed by atoms with Crippen molar-refractivity contribution in [3.05, 3.63) is 65.9 Å². The van der Waals surface area contributed by atoms with Crippen LogP contribution < -0.4 is 9.64 Å². The molecular formula is C26H27N4O5S-. The van der Waals surface area contributed by atoms with E-state index in [0.717, 1.165) is 32.0 Å². The molecule has 2 aromatic carbocycles. The lowest BCUT2D eigenvalue weighted by atomic mass is 10.1. The molecule has 2 heterocycles. The van der Waals surface area contributed by atoms with E-state index in [0.29, 0.717) is 32.1 Å². The van der Waals surface area contributed by atoms with Gasteiger partial charge in [0.15, 0.2) is 0 Å². The summed E-state index contributed by atoms with van der Waals surface area (Å²) in [7, 11) is 1.60. The number of hydrazine groups is 1. The standard InChI is InChI=1S/C26H28N4O5S/c1-19(17-25(31)32)30(36(33)34)29-15-13-28(14-16-29)23-9-6-20(7-10-23)3-4-21-5-8-22-11-12-27-26(35-2)24(22)18-21/h5-12,18-19H,13-17H2,1-2H3,(H,31,32)(H,33,34)/p-1. The van der Waals surface area contributed by atoms with E-state index in [1.54, 1.807) is 25.2 Å². The van der Waals surface area contributed by atoms with Crippen LogP contribution in [0.3, 0.4) is 0 Å². The van der Waals surface area contributed by atoms with Crippen molar-refractivity contribution >= 4 is 33.7 Å².